The van der Waals surface area contributed by atoms with Gasteiger partial charge in [-0.3, -0.25) is 4.90 Å². The van der Waals surface area contributed by atoms with Crippen LogP contribution in [0.2, 0.25) is 0 Å². The summed E-state index contributed by atoms with van der Waals surface area (Å²) in [7, 11) is 0. The minimum Gasteiger partial charge on any atom is -0.369 e. The minimum atomic E-state index is 0.0585. The lowest BCUT2D eigenvalue weighted by Gasteiger charge is -2.43. The molecule has 4 heteroatoms. The van der Waals surface area contributed by atoms with Gasteiger partial charge >= 0.3 is 0 Å². The molecule has 1 heterocycles. The van der Waals surface area contributed by atoms with Crippen LogP contribution >= 0.6 is 15.9 Å². The number of halogens is 1. The molecule has 0 saturated carbocycles. The molecule has 0 aliphatic carbocycles. The Kier molecular flexibility index (Phi) is 4.77. The average molecular weight is 340 g/mol. The Hall–Kier alpha value is -0.580. The summed E-state index contributed by atoms with van der Waals surface area (Å²) in [5, 5.41) is 0. The van der Waals surface area contributed by atoms with E-state index in [1.54, 1.807) is 0 Å². The van der Waals surface area contributed by atoms with Crippen molar-refractivity contribution in [3.8, 4) is 0 Å². The maximum absolute atomic E-state index is 6.13. The van der Waals surface area contributed by atoms with Crippen LogP contribution in [0.1, 0.15) is 39.3 Å². The van der Waals surface area contributed by atoms with Crippen LogP contribution in [0.4, 0.5) is 5.69 Å². The lowest BCUT2D eigenvalue weighted by molar-refractivity contribution is 0.128. The van der Waals surface area contributed by atoms with E-state index < -0.39 is 0 Å². The van der Waals surface area contributed by atoms with Crippen molar-refractivity contribution >= 4 is 21.6 Å². The van der Waals surface area contributed by atoms with Gasteiger partial charge in [0.05, 0.1) is 0 Å². The van der Waals surface area contributed by atoms with Crippen LogP contribution in [0.3, 0.4) is 0 Å². The molecule has 2 N–H and O–H groups in total. The molecule has 112 valence electrons. The van der Waals surface area contributed by atoms with E-state index >= 15 is 0 Å². The molecular weight excluding hydrogens is 314 g/mol. The Morgan fingerprint density at radius 2 is 1.75 bits per heavy atom. The largest absolute Gasteiger partial charge is 0.369 e. The molecule has 1 aromatic carbocycles. The van der Waals surface area contributed by atoms with Crippen molar-refractivity contribution in [2.24, 2.45) is 5.73 Å². The summed E-state index contributed by atoms with van der Waals surface area (Å²) in [5.74, 6) is 0. The van der Waals surface area contributed by atoms with Crippen molar-refractivity contribution in [1.29, 1.82) is 0 Å². The zero-order valence-electron chi connectivity index (χ0n) is 13.0. The van der Waals surface area contributed by atoms with E-state index in [2.05, 4.69) is 71.6 Å². The molecule has 2 rings (SSSR count). The minimum absolute atomic E-state index is 0.0585. The molecule has 1 aromatic rings. The van der Waals surface area contributed by atoms with Gasteiger partial charge < -0.3 is 10.6 Å². The number of nitrogens with zero attached hydrogens (tertiary/aromatic N) is 2. The Morgan fingerprint density at radius 3 is 2.25 bits per heavy atom. The van der Waals surface area contributed by atoms with Crippen molar-refractivity contribution in [3.05, 3.63) is 28.2 Å². The Balaban J connectivity index is 2.15. The Morgan fingerprint density at radius 1 is 1.15 bits per heavy atom. The highest BCUT2D eigenvalue weighted by atomic mass is 79.9. The third-order valence-electron chi connectivity index (χ3n) is 4.05. The number of piperazine rings is 1. The summed E-state index contributed by atoms with van der Waals surface area (Å²) in [6.07, 6.45) is 0. The van der Waals surface area contributed by atoms with Crippen molar-refractivity contribution < 1.29 is 0 Å². The molecule has 0 aromatic heterocycles. The van der Waals surface area contributed by atoms with Crippen LogP contribution < -0.4 is 10.6 Å². The van der Waals surface area contributed by atoms with E-state index in [4.69, 9.17) is 5.73 Å². The van der Waals surface area contributed by atoms with Crippen LogP contribution in [-0.4, -0.2) is 36.6 Å². The topological polar surface area (TPSA) is 32.5 Å². The smallest absolute Gasteiger partial charge is 0.0416 e. The summed E-state index contributed by atoms with van der Waals surface area (Å²) in [6.45, 7) is 13.3. The maximum Gasteiger partial charge on any atom is 0.0416 e. The summed E-state index contributed by atoms with van der Waals surface area (Å²) in [5.41, 5.74) is 8.90. The first kappa shape index (κ1) is 15.8. The number of hydrogen-bond donors (Lipinski definition) is 1. The Bertz CT molecular complexity index is 457. The van der Waals surface area contributed by atoms with Gasteiger partial charge in [-0.2, -0.15) is 0 Å². The lowest BCUT2D eigenvalue weighted by Crippen LogP contribution is -2.53. The second kappa shape index (κ2) is 6.04. The fraction of sp³-hybridized carbons (Fsp3) is 0.625. The first-order valence-electron chi connectivity index (χ1n) is 7.34. The molecule has 0 amide bonds. The van der Waals surface area contributed by atoms with Crippen LogP contribution in [0.5, 0.6) is 0 Å². The van der Waals surface area contributed by atoms with Gasteiger partial charge in [-0.05, 0) is 51.5 Å². The standard InChI is InChI=1S/C16H26BrN3/c1-12(18)14-11-13(17)5-6-15(14)19-7-9-20(10-8-19)16(2,3)4/h5-6,11-12H,7-10,18H2,1-4H3. The molecule has 3 nitrogen and oxygen atoms in total. The number of benzene rings is 1. The predicted molar refractivity (Wildman–Crippen MR) is 90.3 cm³/mol. The van der Waals surface area contributed by atoms with Gasteiger partial charge in [-0.15, -0.1) is 0 Å². The molecule has 1 fully saturated rings. The van der Waals surface area contributed by atoms with Gasteiger partial charge in [0.25, 0.3) is 0 Å². The average Bonchev–Trinajstić information content (AvgIpc) is 2.37. The highest BCUT2D eigenvalue weighted by molar-refractivity contribution is 9.10. The second-order valence-electron chi connectivity index (χ2n) is 6.64. The predicted octanol–water partition coefficient (Wildman–Crippen LogP) is 3.39. The van der Waals surface area contributed by atoms with Gasteiger partial charge in [0.2, 0.25) is 0 Å². The fourth-order valence-electron chi connectivity index (χ4n) is 2.80. The molecule has 1 unspecified atom stereocenters. The first-order chi connectivity index (χ1) is 9.29. The first-order valence-corrected chi connectivity index (χ1v) is 8.13. The number of rotatable bonds is 2. The van der Waals surface area contributed by atoms with E-state index in [0.29, 0.717) is 0 Å². The highest BCUT2D eigenvalue weighted by Crippen LogP contribution is 2.30. The van der Waals surface area contributed by atoms with Gasteiger partial charge in [-0.1, -0.05) is 15.9 Å². The molecule has 0 bridgehead atoms. The summed E-state index contributed by atoms with van der Waals surface area (Å²) in [4.78, 5) is 5.02. The summed E-state index contributed by atoms with van der Waals surface area (Å²) >= 11 is 3.54. The molecule has 1 atom stereocenters. The van der Waals surface area contributed by atoms with Gasteiger partial charge in [0.15, 0.2) is 0 Å². The van der Waals surface area contributed by atoms with Crippen molar-refractivity contribution in [3.63, 3.8) is 0 Å². The third-order valence-corrected chi connectivity index (χ3v) is 4.54. The fourth-order valence-corrected chi connectivity index (χ4v) is 3.18. The lowest BCUT2D eigenvalue weighted by atomic mass is 10.0. The van der Waals surface area contributed by atoms with Crippen LogP contribution in [0.25, 0.3) is 0 Å². The molecule has 1 aliphatic heterocycles. The van der Waals surface area contributed by atoms with Gasteiger partial charge in [0.1, 0.15) is 0 Å². The normalized spacial score (nSPS) is 19.2. The van der Waals surface area contributed by atoms with Crippen molar-refractivity contribution in [1.82, 2.24) is 4.90 Å². The maximum atomic E-state index is 6.13. The van der Waals surface area contributed by atoms with Crippen LogP contribution in [-0.2, 0) is 0 Å². The molecular formula is C16H26BrN3. The highest BCUT2D eigenvalue weighted by Gasteiger charge is 2.26. The van der Waals surface area contributed by atoms with Crippen molar-refractivity contribution in [2.75, 3.05) is 31.1 Å². The zero-order chi connectivity index (χ0) is 14.9. The second-order valence-corrected chi connectivity index (χ2v) is 7.55. The molecule has 0 radical (unpaired) electrons. The number of anilines is 1. The van der Waals surface area contributed by atoms with Crippen LogP contribution in [0.15, 0.2) is 22.7 Å². The summed E-state index contributed by atoms with van der Waals surface area (Å²) < 4.78 is 1.10. The Labute approximate surface area is 131 Å². The quantitative estimate of drug-likeness (QED) is 0.896. The van der Waals surface area contributed by atoms with Crippen molar-refractivity contribution in [2.45, 2.75) is 39.3 Å². The number of nitrogens with two attached hydrogens (primary N) is 1. The molecule has 1 saturated heterocycles. The van der Waals surface area contributed by atoms with Gasteiger partial charge in [0, 0.05) is 47.9 Å². The molecule has 0 spiro atoms. The van der Waals surface area contributed by atoms with E-state index in [-0.39, 0.29) is 11.6 Å². The van der Waals surface area contributed by atoms with E-state index in [1.807, 2.05) is 0 Å². The van der Waals surface area contributed by atoms with Gasteiger partial charge in [-0.25, -0.2) is 0 Å². The number of hydrogen-bond acceptors (Lipinski definition) is 3. The van der Waals surface area contributed by atoms with E-state index in [1.165, 1.54) is 11.3 Å². The van der Waals surface area contributed by atoms with E-state index in [9.17, 15) is 0 Å². The zero-order valence-corrected chi connectivity index (χ0v) is 14.6. The van der Waals surface area contributed by atoms with E-state index in [0.717, 1.165) is 30.7 Å². The molecule has 20 heavy (non-hydrogen) atoms. The SMILES string of the molecule is CC(N)c1cc(Br)ccc1N1CCN(C(C)(C)C)CC1. The molecule has 1 aliphatic rings. The monoisotopic (exact) mass is 339 g/mol. The summed E-state index contributed by atoms with van der Waals surface area (Å²) in [6, 6.07) is 6.51. The third kappa shape index (κ3) is 3.54. The van der Waals surface area contributed by atoms with Crippen LogP contribution in [0, 0.1) is 0 Å².